The van der Waals surface area contributed by atoms with Crippen LogP contribution in [-0.2, 0) is 9.59 Å². The van der Waals surface area contributed by atoms with E-state index in [-0.39, 0.29) is 23.9 Å². The molecule has 0 bridgehead atoms. The predicted octanol–water partition coefficient (Wildman–Crippen LogP) is 10.5. The Balaban J connectivity index is 0.000000149. The van der Waals surface area contributed by atoms with Crippen molar-refractivity contribution in [2.75, 3.05) is 33.7 Å². The van der Waals surface area contributed by atoms with Gasteiger partial charge in [0.1, 0.15) is 29.7 Å². The first-order valence-electron chi connectivity index (χ1n) is 26.5. The summed E-state index contributed by atoms with van der Waals surface area (Å²) in [6, 6.07) is 0.338. The number of amides is 2. The second-order valence-corrected chi connectivity index (χ2v) is 33.1. The molecule has 0 radical (unpaired) electrons. The van der Waals surface area contributed by atoms with E-state index in [1.54, 1.807) is 69.4 Å². The summed E-state index contributed by atoms with van der Waals surface area (Å²) in [5.74, 6) is 3.87. The Morgan fingerprint density at radius 3 is 1.50 bits per heavy atom. The fourth-order valence-corrected chi connectivity index (χ4v) is 26.2. The second-order valence-electron chi connectivity index (χ2n) is 19.5. The molecule has 0 unspecified atom stereocenters. The van der Waals surface area contributed by atoms with Crippen molar-refractivity contribution in [3.63, 3.8) is 0 Å². The van der Waals surface area contributed by atoms with Gasteiger partial charge < -0.3 is 24.0 Å². The molecule has 386 valence electrons. The van der Waals surface area contributed by atoms with E-state index in [1.165, 1.54) is 87.7 Å². The van der Waals surface area contributed by atoms with E-state index >= 15 is 0 Å². The number of oxazole rings is 2. The van der Waals surface area contributed by atoms with Gasteiger partial charge in [-0.15, -0.1) is 0 Å². The average Bonchev–Trinajstić information content (AvgIpc) is 4.27. The monoisotopic (exact) mass is 1160 g/mol. The second kappa shape index (κ2) is 24.7. The summed E-state index contributed by atoms with van der Waals surface area (Å²) in [5.41, 5.74) is 1.52. The van der Waals surface area contributed by atoms with Crippen LogP contribution in [0.15, 0.2) is 75.7 Å². The first-order valence-corrected chi connectivity index (χ1v) is 34.8. The summed E-state index contributed by atoms with van der Waals surface area (Å²) in [4.78, 5) is 69.7. The van der Waals surface area contributed by atoms with Gasteiger partial charge in [-0.25, -0.2) is 24.9 Å². The number of nitrogens with zero attached hydrogens (tertiary/aromatic N) is 14. The minimum Gasteiger partial charge on any atom is -0.442 e. The Morgan fingerprint density at radius 1 is 0.597 bits per heavy atom. The van der Waals surface area contributed by atoms with Crippen molar-refractivity contribution >= 4 is 73.0 Å². The van der Waals surface area contributed by atoms with E-state index in [2.05, 4.69) is 90.3 Å². The van der Waals surface area contributed by atoms with Gasteiger partial charge >= 0.3 is 117 Å². The molecule has 0 spiro atoms. The minimum atomic E-state index is -2.31. The van der Waals surface area contributed by atoms with Crippen LogP contribution >= 0.6 is 15.9 Å². The third-order valence-electron chi connectivity index (χ3n) is 15.0. The number of carbonyl (C=O) groups excluding carboxylic acids is 2. The number of halogens is 1. The Hall–Kier alpha value is -5.18. The molecule has 0 N–H and O–H groups in total. The number of fused-ring (bicyclic) bond motifs is 2. The van der Waals surface area contributed by atoms with Gasteiger partial charge in [0, 0.05) is 51.0 Å². The number of unbranched alkanes of at least 4 members (excludes halogenated alkanes) is 3. The summed E-state index contributed by atoms with van der Waals surface area (Å²) < 4.78 is 20.9. The molecule has 0 saturated heterocycles. The Bertz CT molecular complexity index is 2640. The van der Waals surface area contributed by atoms with Crippen LogP contribution in [0.25, 0.3) is 23.6 Å². The molecule has 2 aliphatic carbocycles. The Morgan fingerprint density at radius 2 is 1.07 bits per heavy atom. The zero-order chi connectivity index (χ0) is 50.8. The molecule has 2 amide bonds. The molecule has 18 nitrogen and oxygen atoms in total. The summed E-state index contributed by atoms with van der Waals surface area (Å²) in [5, 5.41) is 0. The molecule has 4 aliphatic rings. The van der Waals surface area contributed by atoms with Crippen LogP contribution in [0.2, 0.25) is 13.3 Å². The van der Waals surface area contributed by atoms with Crippen LogP contribution in [0.5, 0.6) is 0 Å². The van der Waals surface area contributed by atoms with Crippen LogP contribution in [-0.4, -0.2) is 117 Å². The van der Waals surface area contributed by atoms with Crippen molar-refractivity contribution < 1.29 is 18.4 Å². The molecule has 2 aliphatic heterocycles. The molecule has 10 rings (SSSR count). The fourth-order valence-electron chi connectivity index (χ4n) is 11.1. The number of aromatic nitrogens is 10. The zero-order valence-corrected chi connectivity index (χ0v) is 47.7. The van der Waals surface area contributed by atoms with E-state index in [9.17, 15) is 9.59 Å². The molecule has 20 heteroatoms. The van der Waals surface area contributed by atoms with Crippen molar-refractivity contribution in [3.8, 4) is 23.6 Å². The average molecular weight is 1160 g/mol. The molecular formula is C52H73BrN14O4Sn. The SMILES string of the molecule is CCC[CH2][Sn]([CH2]CCC)([CH2]CCC)[c]1ncco1.CC[C@@H]1C(=O)N(C)c2cnc(-n3ccnc3-c3ncco3)nc2N1C1CCCC1.CC[C@@H]1C(=O)N(C)c2cnc(-n3ccnc3Br)nc2N1C1CCCC1. The van der Waals surface area contributed by atoms with Crippen molar-refractivity contribution in [1.29, 1.82) is 0 Å². The van der Waals surface area contributed by atoms with Crippen LogP contribution in [0.4, 0.5) is 23.0 Å². The van der Waals surface area contributed by atoms with Crippen molar-refractivity contribution in [2.24, 2.45) is 0 Å². The molecule has 72 heavy (non-hydrogen) atoms. The van der Waals surface area contributed by atoms with E-state index < -0.39 is 18.4 Å². The normalized spacial score (nSPS) is 18.3. The summed E-state index contributed by atoms with van der Waals surface area (Å²) in [6.45, 7) is 11.0. The van der Waals surface area contributed by atoms with Crippen molar-refractivity contribution in [3.05, 3.63) is 66.8 Å². The van der Waals surface area contributed by atoms with Gasteiger partial charge in [0.25, 0.3) is 5.89 Å². The zero-order valence-electron chi connectivity index (χ0n) is 43.3. The molecule has 2 fully saturated rings. The van der Waals surface area contributed by atoms with Crippen LogP contribution in [0.1, 0.15) is 137 Å². The van der Waals surface area contributed by atoms with Gasteiger partial charge in [0.05, 0.1) is 18.6 Å². The van der Waals surface area contributed by atoms with Crippen LogP contribution in [0.3, 0.4) is 0 Å². The van der Waals surface area contributed by atoms with Gasteiger partial charge in [-0.05, 0) is 54.5 Å². The molecule has 2 atom stereocenters. The third-order valence-corrected chi connectivity index (χ3v) is 30.1. The fraction of sp³-hybridized carbons (Fsp3) is 0.577. The van der Waals surface area contributed by atoms with Crippen molar-refractivity contribution in [2.45, 2.75) is 175 Å². The third kappa shape index (κ3) is 11.2. The van der Waals surface area contributed by atoms with Crippen molar-refractivity contribution in [1.82, 2.24) is 49.0 Å². The van der Waals surface area contributed by atoms with Crippen LogP contribution < -0.4 is 23.5 Å². The van der Waals surface area contributed by atoms with Gasteiger partial charge in [0.2, 0.25) is 29.5 Å². The largest absolute Gasteiger partial charge is 0.442 e. The maximum Gasteiger partial charge on any atom is 0.263 e. The summed E-state index contributed by atoms with van der Waals surface area (Å²) >= 11 is 1.11. The number of anilines is 4. The van der Waals surface area contributed by atoms with Gasteiger partial charge in [-0.1, -0.05) is 39.5 Å². The van der Waals surface area contributed by atoms with E-state index in [0.29, 0.717) is 40.4 Å². The molecule has 8 heterocycles. The maximum absolute atomic E-state index is 13.0. The molecule has 0 aromatic carbocycles. The topological polar surface area (TPSA) is 186 Å². The first kappa shape index (κ1) is 53.1. The smallest absolute Gasteiger partial charge is 0.263 e. The number of carbonyl (C=O) groups is 2. The standard InChI is InChI=1S/C20H23N7O2.C17H21BrN6O.3C4H9.C3H2NO.Sn/c1-3-14-19(28)25(2)15-12-23-20(24-16(15)27(14)13-6-4-5-7-13)26-10-8-21-17(26)18-22-9-11-29-18;1-3-12-15(25)22(2)13-10-20-17(23-9-8-19-16(23)18)21-14(13)24(12)11-6-4-5-7-11;3*1-3-4-2;1-2-5-3-4-1;/h8-14H,3-7H2,1-2H3;8-12H,3-7H2,1-2H3;3*1,3-4H2,2H3;1-2H;/t14-;12-;;;;;/m11...../s1. The maximum atomic E-state index is 13.0. The molecule has 6 aromatic heterocycles. The van der Waals surface area contributed by atoms with Gasteiger partial charge in [-0.3, -0.25) is 18.7 Å². The Labute approximate surface area is 436 Å². The van der Waals surface area contributed by atoms with E-state index in [0.717, 1.165) is 61.5 Å². The Kier molecular flexibility index (Phi) is 18.2. The summed E-state index contributed by atoms with van der Waals surface area (Å²) in [6.07, 6.45) is 35.9. The number of rotatable bonds is 17. The minimum absolute atomic E-state index is 0.103. The quantitative estimate of drug-likeness (QED) is 0.0785. The van der Waals surface area contributed by atoms with E-state index in [1.807, 2.05) is 19.4 Å². The molecule has 6 aromatic rings. The number of imidazole rings is 2. The van der Waals surface area contributed by atoms with E-state index in [4.69, 9.17) is 18.8 Å². The summed E-state index contributed by atoms with van der Waals surface area (Å²) in [7, 11) is 3.61. The molecular weight excluding hydrogens is 1080 g/mol. The first-order chi connectivity index (χ1) is 35.1. The number of hydrogen-bond acceptors (Lipinski definition) is 14. The number of hydrogen-bond donors (Lipinski definition) is 0. The molecule has 2 saturated carbocycles. The number of likely N-dealkylation sites (N-methyl/N-ethyl adjacent to an activating group) is 2. The predicted molar refractivity (Wildman–Crippen MR) is 287 cm³/mol. The van der Waals surface area contributed by atoms with Gasteiger partial charge in [0.15, 0.2) is 16.4 Å². The van der Waals surface area contributed by atoms with Gasteiger partial charge in [-0.2, -0.15) is 9.97 Å². The van der Waals surface area contributed by atoms with Crippen LogP contribution in [0, 0.1) is 0 Å².